The van der Waals surface area contributed by atoms with Crippen LogP contribution in [0.5, 0.6) is 0 Å². The van der Waals surface area contributed by atoms with Crippen molar-refractivity contribution in [2.45, 2.75) is 45.1 Å². The van der Waals surface area contributed by atoms with Crippen molar-refractivity contribution in [1.29, 1.82) is 0 Å². The van der Waals surface area contributed by atoms with Gasteiger partial charge in [0.1, 0.15) is 5.82 Å². The summed E-state index contributed by atoms with van der Waals surface area (Å²) in [7, 11) is 4.18. The van der Waals surface area contributed by atoms with Gasteiger partial charge in [0.05, 0.1) is 0 Å². The second-order valence-corrected chi connectivity index (χ2v) is 6.74. The van der Waals surface area contributed by atoms with Crippen LogP contribution in [0.4, 0.5) is 0 Å². The van der Waals surface area contributed by atoms with Gasteiger partial charge >= 0.3 is 0 Å². The van der Waals surface area contributed by atoms with Crippen LogP contribution in [0.2, 0.25) is 0 Å². The van der Waals surface area contributed by atoms with Crippen LogP contribution in [0.1, 0.15) is 50.1 Å². The van der Waals surface area contributed by atoms with Gasteiger partial charge in [0.2, 0.25) is 5.82 Å². The lowest BCUT2D eigenvalue weighted by Crippen LogP contribution is -2.44. The molecule has 2 rings (SSSR count). The fraction of sp³-hybridized carbons (Fsp3) is 0.786. The number of aromatic nitrogens is 3. The van der Waals surface area contributed by atoms with Crippen molar-refractivity contribution in [2.24, 2.45) is 0 Å². The van der Waals surface area contributed by atoms with Gasteiger partial charge in [-0.2, -0.15) is 0 Å². The summed E-state index contributed by atoms with van der Waals surface area (Å²) in [4.78, 5) is 20.8. The number of nitrogens with one attached hydrogen (secondary N) is 1. The van der Waals surface area contributed by atoms with E-state index >= 15 is 0 Å². The highest BCUT2D eigenvalue weighted by atomic mass is 16.2. The van der Waals surface area contributed by atoms with E-state index in [0.29, 0.717) is 11.9 Å². The first-order chi connectivity index (χ1) is 9.29. The Balaban J connectivity index is 2.01. The third kappa shape index (κ3) is 3.17. The molecule has 0 unspecified atom stereocenters. The number of nitrogens with zero attached hydrogens (tertiary/aromatic N) is 4. The third-order valence-electron chi connectivity index (χ3n) is 3.87. The maximum absolute atomic E-state index is 12.4. The molecule has 1 aliphatic rings. The summed E-state index contributed by atoms with van der Waals surface area (Å²) in [6.45, 7) is 7.70. The summed E-state index contributed by atoms with van der Waals surface area (Å²) in [5, 5.41) is 6.95. The van der Waals surface area contributed by atoms with E-state index in [1.807, 2.05) is 25.7 Å². The Morgan fingerprint density at radius 2 is 1.90 bits per heavy atom. The number of carbonyl (C=O) groups excluding carboxylic acids is 1. The molecule has 0 saturated carbocycles. The largest absolute Gasteiger partial charge is 0.336 e. The first kappa shape index (κ1) is 15.0. The van der Waals surface area contributed by atoms with Gasteiger partial charge in [0.15, 0.2) is 0 Å². The first-order valence-electron chi connectivity index (χ1n) is 7.17. The predicted octanol–water partition coefficient (Wildman–Crippen LogP) is 1.27. The van der Waals surface area contributed by atoms with Crippen LogP contribution >= 0.6 is 0 Å². The highest BCUT2D eigenvalue weighted by molar-refractivity contribution is 5.90. The molecule has 112 valence electrons. The standard InChI is InChI=1S/C14H25N5O/c1-14(2,3)13-15-11(16-17-13)12(20)19-8-6-10(7-9-19)18(4)5/h10H,6-9H2,1-5H3,(H,15,16,17). The molecule has 1 N–H and O–H groups in total. The SMILES string of the molecule is CN(C)C1CCN(C(=O)c2n[nH]c(C(C)(C)C)n2)CC1. The summed E-state index contributed by atoms with van der Waals surface area (Å²) in [5.41, 5.74) is -0.122. The van der Waals surface area contributed by atoms with Crippen LogP contribution in [0.25, 0.3) is 0 Å². The molecule has 2 heterocycles. The van der Waals surface area contributed by atoms with Crippen LogP contribution in [-0.4, -0.2) is 64.1 Å². The van der Waals surface area contributed by atoms with Gasteiger partial charge in [-0.05, 0) is 26.9 Å². The van der Waals surface area contributed by atoms with Crippen molar-refractivity contribution < 1.29 is 4.79 Å². The molecule has 6 heteroatoms. The zero-order valence-electron chi connectivity index (χ0n) is 13.1. The Hall–Kier alpha value is -1.43. The van der Waals surface area contributed by atoms with E-state index < -0.39 is 0 Å². The van der Waals surface area contributed by atoms with Gasteiger partial charge in [-0.25, -0.2) is 4.98 Å². The number of piperidine rings is 1. The number of aromatic amines is 1. The molecule has 0 atom stereocenters. The van der Waals surface area contributed by atoms with Gasteiger partial charge in [-0.15, -0.1) is 5.10 Å². The first-order valence-corrected chi connectivity index (χ1v) is 7.17. The van der Waals surface area contributed by atoms with Gasteiger partial charge in [-0.3, -0.25) is 9.89 Å². The summed E-state index contributed by atoms with van der Waals surface area (Å²) in [6, 6.07) is 0.566. The Morgan fingerprint density at radius 3 is 2.35 bits per heavy atom. The highest BCUT2D eigenvalue weighted by Gasteiger charge is 2.28. The van der Waals surface area contributed by atoms with E-state index in [9.17, 15) is 4.79 Å². The smallest absolute Gasteiger partial charge is 0.293 e. The molecule has 0 radical (unpaired) electrons. The van der Waals surface area contributed by atoms with Crippen LogP contribution < -0.4 is 0 Å². The Labute approximate surface area is 120 Å². The number of rotatable bonds is 2. The van der Waals surface area contributed by atoms with Crippen LogP contribution in [-0.2, 0) is 5.41 Å². The number of amides is 1. The van der Waals surface area contributed by atoms with E-state index in [4.69, 9.17) is 0 Å². The maximum atomic E-state index is 12.4. The predicted molar refractivity (Wildman–Crippen MR) is 77.7 cm³/mol. The molecule has 1 aromatic rings. The van der Waals surface area contributed by atoms with Crippen molar-refractivity contribution >= 4 is 5.91 Å². The molecule has 0 bridgehead atoms. The molecule has 0 aromatic carbocycles. The van der Waals surface area contributed by atoms with Crippen molar-refractivity contribution in [3.63, 3.8) is 0 Å². The Bertz CT molecular complexity index is 466. The lowest BCUT2D eigenvalue weighted by molar-refractivity contribution is 0.0651. The monoisotopic (exact) mass is 279 g/mol. The minimum absolute atomic E-state index is 0.0612. The van der Waals surface area contributed by atoms with E-state index in [1.54, 1.807) is 0 Å². The number of hydrogen-bond donors (Lipinski definition) is 1. The fourth-order valence-corrected chi connectivity index (χ4v) is 2.42. The maximum Gasteiger partial charge on any atom is 0.293 e. The second-order valence-electron chi connectivity index (χ2n) is 6.74. The molecule has 6 nitrogen and oxygen atoms in total. The summed E-state index contributed by atoms with van der Waals surface area (Å²) in [6.07, 6.45) is 2.02. The number of likely N-dealkylation sites (tertiary alicyclic amines) is 1. The van der Waals surface area contributed by atoms with E-state index in [-0.39, 0.29) is 11.3 Å². The van der Waals surface area contributed by atoms with E-state index in [0.717, 1.165) is 31.8 Å². The number of H-pyrrole nitrogens is 1. The number of carbonyl (C=O) groups is 1. The summed E-state index contributed by atoms with van der Waals surface area (Å²) in [5.74, 6) is 0.983. The Morgan fingerprint density at radius 1 is 1.30 bits per heavy atom. The van der Waals surface area contributed by atoms with Gasteiger partial charge in [0.25, 0.3) is 5.91 Å². The molecule has 1 aliphatic heterocycles. The second kappa shape index (κ2) is 5.52. The van der Waals surface area contributed by atoms with Crippen molar-refractivity contribution in [3.05, 3.63) is 11.6 Å². The minimum atomic E-state index is -0.122. The van der Waals surface area contributed by atoms with Gasteiger partial charge in [-0.1, -0.05) is 20.8 Å². The topological polar surface area (TPSA) is 65.1 Å². The Kier molecular flexibility index (Phi) is 4.13. The zero-order chi connectivity index (χ0) is 14.9. The van der Waals surface area contributed by atoms with Gasteiger partial charge in [0, 0.05) is 24.5 Å². The zero-order valence-corrected chi connectivity index (χ0v) is 13.1. The average Bonchev–Trinajstić information content (AvgIpc) is 2.87. The molecular weight excluding hydrogens is 254 g/mol. The quantitative estimate of drug-likeness (QED) is 0.885. The van der Waals surface area contributed by atoms with E-state index in [2.05, 4.69) is 34.2 Å². The molecule has 20 heavy (non-hydrogen) atoms. The minimum Gasteiger partial charge on any atom is -0.336 e. The molecule has 0 spiro atoms. The van der Waals surface area contributed by atoms with Crippen molar-refractivity contribution in [2.75, 3.05) is 27.2 Å². The molecule has 1 amide bonds. The third-order valence-corrected chi connectivity index (χ3v) is 3.87. The van der Waals surface area contributed by atoms with E-state index in [1.165, 1.54) is 0 Å². The molecule has 0 aliphatic carbocycles. The van der Waals surface area contributed by atoms with Crippen LogP contribution in [0, 0.1) is 0 Å². The average molecular weight is 279 g/mol. The summed E-state index contributed by atoms with van der Waals surface area (Å²) >= 11 is 0. The fourth-order valence-electron chi connectivity index (χ4n) is 2.42. The lowest BCUT2D eigenvalue weighted by Gasteiger charge is -2.34. The summed E-state index contributed by atoms with van der Waals surface area (Å²) < 4.78 is 0. The van der Waals surface area contributed by atoms with Crippen LogP contribution in [0.15, 0.2) is 0 Å². The normalized spacial score (nSPS) is 17.8. The molecular formula is C14H25N5O. The lowest BCUT2D eigenvalue weighted by atomic mass is 9.96. The molecule has 1 fully saturated rings. The molecule has 1 saturated heterocycles. The highest BCUT2D eigenvalue weighted by Crippen LogP contribution is 2.19. The van der Waals surface area contributed by atoms with Crippen molar-refractivity contribution in [3.8, 4) is 0 Å². The van der Waals surface area contributed by atoms with Crippen LogP contribution in [0.3, 0.4) is 0 Å². The number of hydrogen-bond acceptors (Lipinski definition) is 4. The molecule has 1 aromatic heterocycles. The van der Waals surface area contributed by atoms with Crippen molar-refractivity contribution in [1.82, 2.24) is 25.0 Å². The van der Waals surface area contributed by atoms with Gasteiger partial charge < -0.3 is 9.80 Å².